The van der Waals surface area contributed by atoms with Crippen LogP contribution in [0.25, 0.3) is 0 Å². The fourth-order valence-corrected chi connectivity index (χ4v) is 1.67. The normalized spacial score (nSPS) is 12.9. The lowest BCUT2D eigenvalue weighted by Crippen LogP contribution is -2.31. The van der Waals surface area contributed by atoms with Crippen LogP contribution in [0.4, 0.5) is 0 Å². The van der Waals surface area contributed by atoms with E-state index in [9.17, 15) is 10.1 Å². The molecule has 0 saturated carbocycles. The summed E-state index contributed by atoms with van der Waals surface area (Å²) in [6.45, 7) is 10.1. The Morgan fingerprint density at radius 1 is 1.21 bits per heavy atom. The van der Waals surface area contributed by atoms with E-state index in [0.717, 1.165) is 5.56 Å². The minimum Gasteiger partial charge on any atom is -0.336 e. The molecule has 0 aliphatic heterocycles. The van der Waals surface area contributed by atoms with Crippen LogP contribution in [-0.2, 0) is 10.2 Å². The third kappa shape index (κ3) is 4.10. The molecular formula is C16H22N2O. The predicted molar refractivity (Wildman–Crippen MR) is 76.5 cm³/mol. The van der Waals surface area contributed by atoms with E-state index in [-0.39, 0.29) is 17.2 Å². The SMILES string of the molecule is CC(C)C(=O)NC(C#N)c1ccc(C(C)(C)C)cc1. The molecule has 0 spiro atoms. The van der Waals surface area contributed by atoms with Gasteiger partial charge in [-0.1, -0.05) is 58.9 Å². The number of carbonyl (C=O) groups is 1. The Balaban J connectivity index is 2.90. The molecular weight excluding hydrogens is 236 g/mol. The van der Waals surface area contributed by atoms with Crippen molar-refractivity contribution in [2.75, 3.05) is 0 Å². The van der Waals surface area contributed by atoms with Crippen LogP contribution in [0.3, 0.4) is 0 Å². The molecule has 0 fully saturated rings. The van der Waals surface area contributed by atoms with Crippen molar-refractivity contribution in [2.45, 2.75) is 46.1 Å². The number of nitrogens with zero attached hydrogens (tertiary/aromatic N) is 1. The quantitative estimate of drug-likeness (QED) is 0.904. The molecule has 0 aliphatic carbocycles. The van der Waals surface area contributed by atoms with Crippen molar-refractivity contribution in [3.63, 3.8) is 0 Å². The lowest BCUT2D eigenvalue weighted by atomic mass is 9.86. The number of benzene rings is 1. The first-order chi connectivity index (χ1) is 8.75. The highest BCUT2D eigenvalue weighted by Crippen LogP contribution is 2.23. The van der Waals surface area contributed by atoms with Gasteiger partial charge in [0.1, 0.15) is 6.04 Å². The van der Waals surface area contributed by atoms with Gasteiger partial charge in [-0.3, -0.25) is 4.79 Å². The number of nitrogens with one attached hydrogen (secondary N) is 1. The molecule has 1 N–H and O–H groups in total. The van der Waals surface area contributed by atoms with Gasteiger partial charge >= 0.3 is 0 Å². The summed E-state index contributed by atoms with van der Waals surface area (Å²) in [6.07, 6.45) is 0. The second kappa shape index (κ2) is 5.88. The molecule has 0 saturated heterocycles. The first kappa shape index (κ1) is 15.2. The largest absolute Gasteiger partial charge is 0.336 e. The van der Waals surface area contributed by atoms with Crippen LogP contribution in [0.5, 0.6) is 0 Å². The Morgan fingerprint density at radius 3 is 2.11 bits per heavy atom. The number of hydrogen-bond donors (Lipinski definition) is 1. The second-order valence-corrected chi connectivity index (χ2v) is 6.10. The molecule has 3 heteroatoms. The fourth-order valence-electron chi connectivity index (χ4n) is 1.67. The molecule has 1 atom stereocenters. The fraction of sp³-hybridized carbons (Fsp3) is 0.500. The Bertz CT molecular complexity index is 475. The summed E-state index contributed by atoms with van der Waals surface area (Å²) in [6, 6.07) is 9.40. The van der Waals surface area contributed by atoms with Gasteiger partial charge in [0.2, 0.25) is 5.91 Å². The first-order valence-corrected chi connectivity index (χ1v) is 6.56. The van der Waals surface area contributed by atoms with Crippen LogP contribution in [0, 0.1) is 17.2 Å². The Kier molecular flexibility index (Phi) is 4.72. The van der Waals surface area contributed by atoms with Gasteiger partial charge in [-0.05, 0) is 16.5 Å². The molecule has 0 radical (unpaired) electrons. The molecule has 1 aromatic carbocycles. The van der Waals surface area contributed by atoms with Gasteiger partial charge in [0.15, 0.2) is 0 Å². The molecule has 1 unspecified atom stereocenters. The van der Waals surface area contributed by atoms with Crippen molar-refractivity contribution < 1.29 is 4.79 Å². The summed E-state index contributed by atoms with van der Waals surface area (Å²) >= 11 is 0. The summed E-state index contributed by atoms with van der Waals surface area (Å²) < 4.78 is 0. The van der Waals surface area contributed by atoms with E-state index >= 15 is 0 Å². The minimum atomic E-state index is -0.580. The maximum atomic E-state index is 11.6. The van der Waals surface area contributed by atoms with Gasteiger partial charge in [-0.2, -0.15) is 5.26 Å². The first-order valence-electron chi connectivity index (χ1n) is 6.56. The third-order valence-electron chi connectivity index (χ3n) is 3.05. The maximum Gasteiger partial charge on any atom is 0.223 e. The molecule has 1 rings (SSSR count). The van der Waals surface area contributed by atoms with E-state index in [2.05, 4.69) is 32.2 Å². The molecule has 0 aromatic heterocycles. The maximum absolute atomic E-state index is 11.6. The highest BCUT2D eigenvalue weighted by Gasteiger charge is 2.18. The molecule has 1 amide bonds. The van der Waals surface area contributed by atoms with Crippen molar-refractivity contribution >= 4 is 5.91 Å². The minimum absolute atomic E-state index is 0.0852. The zero-order chi connectivity index (χ0) is 14.6. The highest BCUT2D eigenvalue weighted by molar-refractivity contribution is 5.78. The van der Waals surface area contributed by atoms with Crippen molar-refractivity contribution in [1.29, 1.82) is 5.26 Å². The lowest BCUT2D eigenvalue weighted by molar-refractivity contribution is -0.124. The standard InChI is InChI=1S/C16H22N2O/c1-11(2)15(19)18-14(10-17)12-6-8-13(9-7-12)16(3,4)5/h6-9,11,14H,1-5H3,(H,18,19). The Morgan fingerprint density at radius 2 is 1.74 bits per heavy atom. The molecule has 0 aliphatic rings. The van der Waals surface area contributed by atoms with Crippen LogP contribution in [0.2, 0.25) is 0 Å². The molecule has 0 bridgehead atoms. The highest BCUT2D eigenvalue weighted by atomic mass is 16.1. The summed E-state index contributed by atoms with van der Waals surface area (Å²) in [7, 11) is 0. The predicted octanol–water partition coefficient (Wildman–Crippen LogP) is 3.32. The third-order valence-corrected chi connectivity index (χ3v) is 3.05. The Hall–Kier alpha value is -1.82. The number of carbonyl (C=O) groups excluding carboxylic acids is 1. The number of amides is 1. The summed E-state index contributed by atoms with van der Waals surface area (Å²) in [4.78, 5) is 11.6. The molecule has 102 valence electrons. The molecule has 3 nitrogen and oxygen atoms in total. The average molecular weight is 258 g/mol. The van der Waals surface area contributed by atoms with Crippen molar-refractivity contribution in [3.05, 3.63) is 35.4 Å². The molecule has 1 aromatic rings. The van der Waals surface area contributed by atoms with Gasteiger partial charge < -0.3 is 5.32 Å². The van der Waals surface area contributed by atoms with Gasteiger partial charge in [-0.25, -0.2) is 0 Å². The van der Waals surface area contributed by atoms with Crippen molar-refractivity contribution in [2.24, 2.45) is 5.92 Å². The zero-order valence-corrected chi connectivity index (χ0v) is 12.3. The van der Waals surface area contributed by atoms with E-state index in [4.69, 9.17) is 0 Å². The van der Waals surface area contributed by atoms with Gasteiger partial charge in [-0.15, -0.1) is 0 Å². The number of nitriles is 1. The zero-order valence-electron chi connectivity index (χ0n) is 12.3. The summed E-state index contributed by atoms with van der Waals surface area (Å²) in [5, 5.41) is 11.9. The van der Waals surface area contributed by atoms with E-state index in [1.54, 1.807) is 0 Å². The van der Waals surface area contributed by atoms with Crippen molar-refractivity contribution in [1.82, 2.24) is 5.32 Å². The molecule has 19 heavy (non-hydrogen) atoms. The molecule has 0 heterocycles. The van der Waals surface area contributed by atoms with Crippen LogP contribution in [-0.4, -0.2) is 5.91 Å². The van der Waals surface area contributed by atoms with E-state index < -0.39 is 6.04 Å². The van der Waals surface area contributed by atoms with E-state index in [0.29, 0.717) is 0 Å². The summed E-state index contributed by atoms with van der Waals surface area (Å²) in [5.41, 5.74) is 2.12. The van der Waals surface area contributed by atoms with Crippen LogP contribution < -0.4 is 5.32 Å². The van der Waals surface area contributed by atoms with E-state index in [1.165, 1.54) is 5.56 Å². The summed E-state index contributed by atoms with van der Waals surface area (Å²) in [5.74, 6) is -0.226. The topological polar surface area (TPSA) is 52.9 Å². The van der Waals surface area contributed by atoms with Gasteiger partial charge in [0.25, 0.3) is 0 Å². The number of hydrogen-bond acceptors (Lipinski definition) is 2. The van der Waals surface area contributed by atoms with Crippen LogP contribution >= 0.6 is 0 Å². The Labute approximate surface area is 115 Å². The number of rotatable bonds is 3. The van der Waals surface area contributed by atoms with Gasteiger partial charge in [0, 0.05) is 5.92 Å². The average Bonchev–Trinajstić information content (AvgIpc) is 2.34. The second-order valence-electron chi connectivity index (χ2n) is 6.10. The van der Waals surface area contributed by atoms with E-state index in [1.807, 2.05) is 38.1 Å². The monoisotopic (exact) mass is 258 g/mol. The smallest absolute Gasteiger partial charge is 0.223 e. The lowest BCUT2D eigenvalue weighted by Gasteiger charge is -2.20. The van der Waals surface area contributed by atoms with Gasteiger partial charge in [0.05, 0.1) is 6.07 Å². The van der Waals surface area contributed by atoms with Crippen molar-refractivity contribution in [3.8, 4) is 6.07 Å². The van der Waals surface area contributed by atoms with Crippen LogP contribution in [0.1, 0.15) is 51.8 Å². The van der Waals surface area contributed by atoms with Crippen LogP contribution in [0.15, 0.2) is 24.3 Å².